The molecule has 1 atom stereocenters. The number of halogens is 2. The average molecular weight is 221 g/mol. The minimum absolute atomic E-state index is 0.244. The number of hydrogen-bond acceptors (Lipinski definition) is 3. The highest BCUT2D eigenvalue weighted by Gasteiger charge is 2.24. The first-order valence-corrected chi connectivity index (χ1v) is 5.32. The summed E-state index contributed by atoms with van der Waals surface area (Å²) in [7, 11) is 0. The maximum absolute atomic E-state index is 5.89. The third-order valence-electron chi connectivity index (χ3n) is 1.82. The Balaban J connectivity index is 2.60. The van der Waals surface area contributed by atoms with Gasteiger partial charge in [0.05, 0.1) is 5.69 Å². The summed E-state index contributed by atoms with van der Waals surface area (Å²) < 4.78 is 0. The first-order chi connectivity index (χ1) is 5.68. The van der Waals surface area contributed by atoms with E-state index in [0.717, 1.165) is 17.0 Å². The van der Waals surface area contributed by atoms with Gasteiger partial charge in [0.1, 0.15) is 5.15 Å². The highest BCUT2D eigenvalue weighted by atomic mass is 35.5. The fraction of sp³-hybridized carbons (Fsp3) is 0.429. The minimum Gasteiger partial charge on any atom is -0.221 e. The lowest BCUT2D eigenvalue weighted by Gasteiger charge is -2.02. The van der Waals surface area contributed by atoms with Gasteiger partial charge in [0.25, 0.3) is 0 Å². The number of fused-ring (bicyclic) bond motifs is 1. The topological polar surface area (TPSA) is 25.8 Å². The SMILES string of the molecule is CC1SCc2c(Cl)nc(Cl)nc21. The average Bonchev–Trinajstić information content (AvgIpc) is 2.33. The molecular formula is C7H6Cl2N2S. The lowest BCUT2D eigenvalue weighted by Crippen LogP contribution is -1.95. The van der Waals surface area contributed by atoms with Gasteiger partial charge in [-0.2, -0.15) is 0 Å². The molecule has 0 aromatic carbocycles. The Morgan fingerprint density at radius 3 is 2.92 bits per heavy atom. The maximum atomic E-state index is 5.89. The molecule has 0 fully saturated rings. The van der Waals surface area contributed by atoms with Gasteiger partial charge >= 0.3 is 0 Å². The Labute approximate surface area is 84.7 Å². The smallest absolute Gasteiger partial charge is 0.221 e. The summed E-state index contributed by atoms with van der Waals surface area (Å²) in [5.74, 6) is 0.895. The Bertz CT molecular complexity index is 329. The molecule has 0 radical (unpaired) electrons. The van der Waals surface area contributed by atoms with Gasteiger partial charge in [-0.25, -0.2) is 9.97 Å². The van der Waals surface area contributed by atoms with Crippen molar-refractivity contribution in [3.63, 3.8) is 0 Å². The maximum Gasteiger partial charge on any atom is 0.224 e. The van der Waals surface area contributed by atoms with E-state index in [4.69, 9.17) is 23.2 Å². The fourth-order valence-corrected chi connectivity index (χ4v) is 2.80. The van der Waals surface area contributed by atoms with E-state index >= 15 is 0 Å². The number of hydrogen-bond donors (Lipinski definition) is 0. The molecule has 1 aliphatic heterocycles. The van der Waals surface area contributed by atoms with Crippen molar-refractivity contribution in [2.24, 2.45) is 0 Å². The van der Waals surface area contributed by atoms with Crippen molar-refractivity contribution in [1.82, 2.24) is 9.97 Å². The van der Waals surface area contributed by atoms with E-state index in [2.05, 4.69) is 16.9 Å². The molecule has 1 aromatic rings. The normalized spacial score (nSPS) is 21.1. The van der Waals surface area contributed by atoms with Crippen molar-refractivity contribution >= 4 is 35.0 Å². The molecule has 0 spiro atoms. The van der Waals surface area contributed by atoms with Crippen LogP contribution in [-0.2, 0) is 5.75 Å². The monoisotopic (exact) mass is 220 g/mol. The van der Waals surface area contributed by atoms with Crippen LogP contribution in [0.5, 0.6) is 0 Å². The summed E-state index contributed by atoms with van der Waals surface area (Å²) >= 11 is 13.4. The largest absolute Gasteiger partial charge is 0.224 e. The van der Waals surface area contributed by atoms with Crippen molar-refractivity contribution in [2.75, 3.05) is 0 Å². The third-order valence-corrected chi connectivity index (χ3v) is 3.48. The zero-order chi connectivity index (χ0) is 8.72. The van der Waals surface area contributed by atoms with Gasteiger partial charge in [-0.1, -0.05) is 11.6 Å². The van der Waals surface area contributed by atoms with Crippen LogP contribution in [0.3, 0.4) is 0 Å². The van der Waals surface area contributed by atoms with E-state index in [-0.39, 0.29) is 5.28 Å². The van der Waals surface area contributed by atoms with Crippen LogP contribution in [0.1, 0.15) is 23.4 Å². The van der Waals surface area contributed by atoms with Crippen LogP contribution in [0, 0.1) is 0 Å². The highest BCUT2D eigenvalue weighted by Crippen LogP contribution is 2.42. The van der Waals surface area contributed by atoms with Crippen LogP contribution in [-0.4, -0.2) is 9.97 Å². The molecule has 2 rings (SSSR count). The second-order valence-electron chi connectivity index (χ2n) is 2.60. The summed E-state index contributed by atoms with van der Waals surface area (Å²) in [6.45, 7) is 2.09. The summed E-state index contributed by atoms with van der Waals surface area (Å²) in [4.78, 5) is 8.03. The third kappa shape index (κ3) is 1.30. The van der Waals surface area contributed by atoms with Gasteiger partial charge in [-0.15, -0.1) is 11.8 Å². The van der Waals surface area contributed by atoms with Crippen LogP contribution < -0.4 is 0 Å². The van der Waals surface area contributed by atoms with Crippen LogP contribution >= 0.6 is 35.0 Å². The van der Waals surface area contributed by atoms with E-state index in [1.165, 1.54) is 0 Å². The van der Waals surface area contributed by atoms with E-state index < -0.39 is 0 Å². The highest BCUT2D eigenvalue weighted by molar-refractivity contribution is 7.99. The quantitative estimate of drug-likeness (QED) is 0.497. The Kier molecular flexibility index (Phi) is 2.19. The van der Waals surface area contributed by atoms with Crippen molar-refractivity contribution < 1.29 is 0 Å². The molecule has 12 heavy (non-hydrogen) atoms. The van der Waals surface area contributed by atoms with Crippen LogP contribution in [0.15, 0.2) is 0 Å². The first-order valence-electron chi connectivity index (χ1n) is 3.52. The van der Waals surface area contributed by atoms with Gasteiger partial charge in [0.2, 0.25) is 5.28 Å². The lowest BCUT2D eigenvalue weighted by atomic mass is 10.2. The first kappa shape index (κ1) is 8.60. The van der Waals surface area contributed by atoms with Crippen molar-refractivity contribution in [1.29, 1.82) is 0 Å². The molecule has 2 nitrogen and oxygen atoms in total. The molecule has 0 saturated carbocycles. The standard InChI is InChI=1S/C7H6Cl2N2S/c1-3-5-4(2-12-3)6(8)11-7(9)10-5/h3H,2H2,1H3. The summed E-state index contributed by atoms with van der Waals surface area (Å²) in [6, 6.07) is 0. The Morgan fingerprint density at radius 2 is 2.17 bits per heavy atom. The van der Waals surface area contributed by atoms with E-state index in [0.29, 0.717) is 10.4 Å². The van der Waals surface area contributed by atoms with E-state index in [1.54, 1.807) is 11.8 Å². The fourth-order valence-electron chi connectivity index (χ4n) is 1.20. The van der Waals surface area contributed by atoms with E-state index in [1.807, 2.05) is 0 Å². The molecule has 1 unspecified atom stereocenters. The zero-order valence-corrected chi connectivity index (χ0v) is 8.67. The molecule has 0 N–H and O–H groups in total. The van der Waals surface area contributed by atoms with Gasteiger partial charge in [0, 0.05) is 16.6 Å². The molecule has 0 bridgehead atoms. The lowest BCUT2D eigenvalue weighted by molar-refractivity contribution is 0.976. The molecule has 2 heterocycles. The molecule has 0 saturated heterocycles. The molecule has 0 amide bonds. The Morgan fingerprint density at radius 1 is 1.42 bits per heavy atom. The van der Waals surface area contributed by atoms with Gasteiger partial charge < -0.3 is 0 Å². The molecule has 64 valence electrons. The van der Waals surface area contributed by atoms with Gasteiger partial charge in [-0.05, 0) is 18.5 Å². The second-order valence-corrected chi connectivity index (χ2v) is 4.63. The van der Waals surface area contributed by atoms with Crippen molar-refractivity contribution in [3.05, 3.63) is 21.7 Å². The van der Waals surface area contributed by atoms with Gasteiger partial charge in [-0.3, -0.25) is 0 Å². The van der Waals surface area contributed by atoms with Crippen LogP contribution in [0.25, 0.3) is 0 Å². The van der Waals surface area contributed by atoms with Crippen LogP contribution in [0.4, 0.5) is 0 Å². The number of aromatic nitrogens is 2. The second kappa shape index (κ2) is 3.05. The number of rotatable bonds is 0. The molecule has 0 aliphatic carbocycles. The predicted octanol–water partition coefficient (Wildman–Crippen LogP) is 3.09. The number of nitrogens with zero attached hydrogens (tertiary/aromatic N) is 2. The minimum atomic E-state index is 0.244. The van der Waals surface area contributed by atoms with E-state index in [9.17, 15) is 0 Å². The summed E-state index contributed by atoms with van der Waals surface area (Å²) in [6.07, 6.45) is 0. The number of thioether (sulfide) groups is 1. The molecule has 1 aromatic heterocycles. The van der Waals surface area contributed by atoms with Gasteiger partial charge in [0.15, 0.2) is 0 Å². The van der Waals surface area contributed by atoms with Crippen molar-refractivity contribution in [2.45, 2.75) is 17.9 Å². The Hall–Kier alpha value is 0.01000. The summed E-state index contributed by atoms with van der Waals surface area (Å²) in [5.41, 5.74) is 2.03. The zero-order valence-electron chi connectivity index (χ0n) is 6.34. The predicted molar refractivity (Wildman–Crippen MR) is 51.8 cm³/mol. The van der Waals surface area contributed by atoms with Crippen molar-refractivity contribution in [3.8, 4) is 0 Å². The molecule has 1 aliphatic rings. The molecule has 5 heteroatoms. The summed E-state index contributed by atoms with van der Waals surface area (Å²) in [5, 5.41) is 1.13. The van der Waals surface area contributed by atoms with Crippen LogP contribution in [0.2, 0.25) is 10.4 Å². The molecular weight excluding hydrogens is 215 g/mol.